The zero-order valence-electron chi connectivity index (χ0n) is 25.4. The van der Waals surface area contributed by atoms with E-state index in [4.69, 9.17) is 16.3 Å². The van der Waals surface area contributed by atoms with E-state index in [2.05, 4.69) is 31.0 Å². The fourth-order valence-corrected chi connectivity index (χ4v) is 5.74. The van der Waals surface area contributed by atoms with Gasteiger partial charge in [0.1, 0.15) is 6.33 Å². The summed E-state index contributed by atoms with van der Waals surface area (Å²) >= 11 is 6.23. The third-order valence-electron chi connectivity index (χ3n) is 7.09. The van der Waals surface area contributed by atoms with Crippen molar-refractivity contribution < 1.29 is 22.7 Å². The van der Waals surface area contributed by atoms with Crippen LogP contribution in [-0.4, -0.2) is 64.1 Å². The summed E-state index contributed by atoms with van der Waals surface area (Å²) in [4.78, 5) is 25.1. The number of ether oxygens (including phenoxy) is 1. The molecule has 1 amide bonds. The SMILES string of the molecule is COC(=O)Cc1ccc(-c2cc([C@H](Cc3ccccc3)NC(=O)/C=C/c3cc(Cl)ccc3-n3cnnn3)nnc2CS(C)(=O)=O)cc1. The molecule has 0 aliphatic heterocycles. The van der Waals surface area contributed by atoms with E-state index in [1.165, 1.54) is 24.2 Å². The number of tetrazole rings is 1. The maximum atomic E-state index is 13.4. The number of aromatic nitrogens is 6. The second kappa shape index (κ2) is 14.9. The molecule has 1 N–H and O–H groups in total. The van der Waals surface area contributed by atoms with Crippen molar-refractivity contribution in [3.8, 4) is 16.8 Å². The number of nitrogens with one attached hydrogen (secondary N) is 1. The molecule has 0 saturated heterocycles. The molecular formula is C33H30ClN7O5S. The van der Waals surface area contributed by atoms with Gasteiger partial charge < -0.3 is 10.1 Å². The van der Waals surface area contributed by atoms with Crippen LogP contribution in [0.15, 0.2) is 91.3 Å². The van der Waals surface area contributed by atoms with Gasteiger partial charge in [-0.05, 0) is 63.9 Å². The molecule has 2 aromatic heterocycles. The summed E-state index contributed by atoms with van der Waals surface area (Å²) in [5, 5.41) is 23.5. The number of methoxy groups -OCH3 is 1. The van der Waals surface area contributed by atoms with Crippen molar-refractivity contribution in [2.75, 3.05) is 13.4 Å². The minimum atomic E-state index is -3.46. The average molecular weight is 672 g/mol. The fourth-order valence-electron chi connectivity index (χ4n) is 4.85. The third kappa shape index (κ3) is 9.15. The lowest BCUT2D eigenvalue weighted by atomic mass is 9.98. The summed E-state index contributed by atoms with van der Waals surface area (Å²) in [6.45, 7) is 0. The first-order valence-electron chi connectivity index (χ1n) is 14.3. The first kappa shape index (κ1) is 33.1. The second-order valence-electron chi connectivity index (χ2n) is 10.7. The Hall–Kier alpha value is -5.27. The highest BCUT2D eigenvalue weighted by molar-refractivity contribution is 7.89. The minimum Gasteiger partial charge on any atom is -0.469 e. The molecule has 5 aromatic rings. The fraction of sp³-hybridized carbons (Fsp3) is 0.182. The van der Waals surface area contributed by atoms with Crippen molar-refractivity contribution in [1.29, 1.82) is 0 Å². The van der Waals surface area contributed by atoms with Crippen molar-refractivity contribution in [3.63, 3.8) is 0 Å². The number of amides is 1. The Morgan fingerprint density at radius 1 is 1.00 bits per heavy atom. The molecular weight excluding hydrogens is 642 g/mol. The number of hydrogen-bond acceptors (Lipinski definition) is 10. The highest BCUT2D eigenvalue weighted by atomic mass is 35.5. The van der Waals surface area contributed by atoms with Crippen LogP contribution in [0.2, 0.25) is 5.02 Å². The van der Waals surface area contributed by atoms with Gasteiger partial charge in [0.2, 0.25) is 5.91 Å². The Morgan fingerprint density at radius 3 is 2.45 bits per heavy atom. The summed E-state index contributed by atoms with van der Waals surface area (Å²) in [6.07, 6.45) is 6.03. The molecule has 0 bridgehead atoms. The van der Waals surface area contributed by atoms with E-state index in [1.807, 2.05) is 30.3 Å². The molecule has 0 saturated carbocycles. The molecule has 240 valence electrons. The monoisotopic (exact) mass is 671 g/mol. The van der Waals surface area contributed by atoms with Gasteiger partial charge in [-0.2, -0.15) is 14.9 Å². The number of halogens is 1. The van der Waals surface area contributed by atoms with Crippen LogP contribution in [0.1, 0.15) is 34.1 Å². The Labute approximate surface area is 276 Å². The molecule has 47 heavy (non-hydrogen) atoms. The minimum absolute atomic E-state index is 0.0952. The molecule has 12 nitrogen and oxygen atoms in total. The van der Waals surface area contributed by atoms with E-state index < -0.39 is 21.8 Å². The molecule has 2 heterocycles. The van der Waals surface area contributed by atoms with Crippen molar-refractivity contribution in [2.45, 2.75) is 24.6 Å². The van der Waals surface area contributed by atoms with Crippen LogP contribution in [0.5, 0.6) is 0 Å². The predicted octanol–water partition coefficient (Wildman–Crippen LogP) is 4.15. The Kier molecular flexibility index (Phi) is 10.5. The summed E-state index contributed by atoms with van der Waals surface area (Å²) in [5.41, 5.74) is 4.81. The number of esters is 1. The van der Waals surface area contributed by atoms with Crippen LogP contribution in [0.3, 0.4) is 0 Å². The van der Waals surface area contributed by atoms with Gasteiger partial charge in [-0.15, -0.1) is 5.10 Å². The standard InChI is InChI=1S/C33H30ClN7O5S/c1-46-33(43)17-23-8-10-24(11-9-23)27-19-29(37-38-30(27)20-47(2,44)45)28(16-22-6-4-3-5-7-22)36-32(42)15-12-25-18-26(34)13-14-31(25)41-21-35-39-40-41/h3-15,18-19,21,28H,16-17,20H2,1-2H3,(H,36,42)/b15-12+/t28-/m0/s1. The smallest absolute Gasteiger partial charge is 0.309 e. The molecule has 0 unspecified atom stereocenters. The van der Waals surface area contributed by atoms with E-state index >= 15 is 0 Å². The normalized spacial score (nSPS) is 12.1. The van der Waals surface area contributed by atoms with Crippen molar-refractivity contribution in [3.05, 3.63) is 124 Å². The van der Waals surface area contributed by atoms with Gasteiger partial charge in [0, 0.05) is 28.5 Å². The lowest BCUT2D eigenvalue weighted by molar-refractivity contribution is -0.139. The summed E-state index contributed by atoms with van der Waals surface area (Å²) in [7, 11) is -2.14. The van der Waals surface area contributed by atoms with Crippen LogP contribution in [0.4, 0.5) is 0 Å². The summed E-state index contributed by atoms with van der Waals surface area (Å²) in [6, 6.07) is 22.9. The number of carbonyl (C=O) groups is 2. The number of benzene rings is 3. The quantitative estimate of drug-likeness (QED) is 0.151. The van der Waals surface area contributed by atoms with E-state index in [9.17, 15) is 18.0 Å². The number of rotatable bonds is 12. The van der Waals surface area contributed by atoms with Gasteiger partial charge in [0.15, 0.2) is 9.84 Å². The van der Waals surface area contributed by atoms with E-state index in [0.29, 0.717) is 39.5 Å². The van der Waals surface area contributed by atoms with Crippen molar-refractivity contribution in [1.82, 2.24) is 35.7 Å². The molecule has 1 atom stereocenters. The molecule has 3 aromatic carbocycles. The first-order valence-corrected chi connectivity index (χ1v) is 16.8. The van der Waals surface area contributed by atoms with Crippen molar-refractivity contribution in [2.24, 2.45) is 0 Å². The molecule has 0 aliphatic carbocycles. The summed E-state index contributed by atoms with van der Waals surface area (Å²) in [5.74, 6) is -1.12. The number of carbonyl (C=O) groups excluding carboxylic acids is 2. The molecule has 5 rings (SSSR count). The van der Waals surface area contributed by atoms with Gasteiger partial charge in [-0.3, -0.25) is 9.59 Å². The van der Waals surface area contributed by atoms with Gasteiger partial charge in [0.05, 0.1) is 42.4 Å². The van der Waals surface area contributed by atoms with Crippen LogP contribution >= 0.6 is 11.6 Å². The Bertz CT molecular complexity index is 2000. The molecule has 0 fully saturated rings. The zero-order chi connectivity index (χ0) is 33.4. The predicted molar refractivity (Wildman–Crippen MR) is 176 cm³/mol. The molecule has 0 radical (unpaired) electrons. The second-order valence-corrected chi connectivity index (χ2v) is 13.3. The van der Waals surface area contributed by atoms with Crippen LogP contribution < -0.4 is 5.32 Å². The zero-order valence-corrected chi connectivity index (χ0v) is 27.0. The highest BCUT2D eigenvalue weighted by Gasteiger charge is 2.21. The van der Waals surface area contributed by atoms with Gasteiger partial charge in [-0.25, -0.2) is 8.42 Å². The molecule has 0 spiro atoms. The molecule has 0 aliphatic rings. The van der Waals surface area contributed by atoms with Crippen molar-refractivity contribution >= 4 is 39.4 Å². The van der Waals surface area contributed by atoms with Crippen LogP contribution in [0.25, 0.3) is 22.9 Å². The summed E-state index contributed by atoms with van der Waals surface area (Å²) < 4.78 is 30.8. The number of nitrogens with zero attached hydrogens (tertiary/aromatic N) is 6. The van der Waals surface area contributed by atoms with Crippen LogP contribution in [-0.2, 0) is 42.8 Å². The largest absolute Gasteiger partial charge is 0.469 e. The maximum Gasteiger partial charge on any atom is 0.309 e. The Balaban J connectivity index is 1.49. The number of hydrogen-bond donors (Lipinski definition) is 1. The topological polar surface area (TPSA) is 159 Å². The first-order chi connectivity index (χ1) is 22.6. The lowest BCUT2D eigenvalue weighted by Crippen LogP contribution is -2.29. The van der Waals surface area contributed by atoms with Gasteiger partial charge in [0.25, 0.3) is 0 Å². The van der Waals surface area contributed by atoms with E-state index in [-0.39, 0.29) is 23.8 Å². The van der Waals surface area contributed by atoms with E-state index in [1.54, 1.807) is 54.6 Å². The van der Waals surface area contributed by atoms with Crippen LogP contribution in [0, 0.1) is 0 Å². The highest BCUT2D eigenvalue weighted by Crippen LogP contribution is 2.28. The third-order valence-corrected chi connectivity index (χ3v) is 8.12. The Morgan fingerprint density at radius 2 is 1.77 bits per heavy atom. The number of sulfone groups is 1. The lowest BCUT2D eigenvalue weighted by Gasteiger charge is -2.19. The van der Waals surface area contributed by atoms with E-state index in [0.717, 1.165) is 17.4 Å². The van der Waals surface area contributed by atoms with Gasteiger partial charge >= 0.3 is 5.97 Å². The molecule has 14 heteroatoms. The van der Waals surface area contributed by atoms with Gasteiger partial charge in [-0.1, -0.05) is 66.2 Å². The maximum absolute atomic E-state index is 13.4. The average Bonchev–Trinajstić information content (AvgIpc) is 3.59.